The summed E-state index contributed by atoms with van der Waals surface area (Å²) >= 11 is 0. The molecule has 1 aromatic rings. The number of anilines is 1. The van der Waals surface area contributed by atoms with Gasteiger partial charge in [-0.2, -0.15) is 5.10 Å². The van der Waals surface area contributed by atoms with E-state index in [4.69, 9.17) is 0 Å². The summed E-state index contributed by atoms with van der Waals surface area (Å²) in [6, 6.07) is -0.0183. The van der Waals surface area contributed by atoms with Gasteiger partial charge in [0.25, 0.3) is 0 Å². The van der Waals surface area contributed by atoms with E-state index in [2.05, 4.69) is 10.4 Å². The van der Waals surface area contributed by atoms with E-state index < -0.39 is 0 Å². The van der Waals surface area contributed by atoms with Crippen molar-refractivity contribution < 1.29 is 4.79 Å². The van der Waals surface area contributed by atoms with Crippen LogP contribution in [-0.2, 0) is 11.8 Å². The molecule has 5 heteroatoms. The number of nitrogens with zero attached hydrogens (tertiary/aromatic N) is 3. The average molecular weight is 208 g/mol. The van der Waals surface area contributed by atoms with Gasteiger partial charge in [0, 0.05) is 20.3 Å². The van der Waals surface area contributed by atoms with Crippen molar-refractivity contribution in [3.8, 4) is 0 Å². The highest BCUT2D eigenvalue weighted by Crippen LogP contribution is 2.14. The third kappa shape index (κ3) is 2.02. The largest absolute Gasteiger partial charge is 0.311 e. The molecule has 0 radical (unpaired) electrons. The Morgan fingerprint density at radius 1 is 1.73 bits per heavy atom. The standard InChI is InChI=1S/C10H16N4O/c1-13-7-8(6-12-13)14(2)10(15)9-4-3-5-11-9/h6-7,9,11H,3-5H2,1-2H3. The molecule has 2 rings (SSSR count). The molecule has 2 heterocycles. The molecule has 0 aromatic carbocycles. The molecule has 0 saturated carbocycles. The number of aromatic nitrogens is 2. The normalized spacial score (nSPS) is 20.5. The minimum Gasteiger partial charge on any atom is -0.311 e. The molecule has 1 unspecified atom stereocenters. The molecular weight excluding hydrogens is 192 g/mol. The summed E-state index contributed by atoms with van der Waals surface area (Å²) < 4.78 is 1.70. The topological polar surface area (TPSA) is 50.2 Å². The number of carbonyl (C=O) groups is 1. The Kier molecular flexibility index (Phi) is 2.73. The molecule has 1 aliphatic heterocycles. The molecular formula is C10H16N4O. The van der Waals surface area contributed by atoms with E-state index in [0.717, 1.165) is 25.1 Å². The number of hydrogen-bond acceptors (Lipinski definition) is 3. The highest BCUT2D eigenvalue weighted by molar-refractivity contribution is 5.96. The van der Waals surface area contributed by atoms with Crippen LogP contribution in [0.15, 0.2) is 12.4 Å². The van der Waals surface area contributed by atoms with Crippen molar-refractivity contribution >= 4 is 11.6 Å². The maximum absolute atomic E-state index is 12.0. The fourth-order valence-electron chi connectivity index (χ4n) is 1.84. The van der Waals surface area contributed by atoms with Gasteiger partial charge in [-0.1, -0.05) is 0 Å². The summed E-state index contributed by atoms with van der Waals surface area (Å²) in [6.45, 7) is 0.942. The molecule has 0 bridgehead atoms. The Bertz CT molecular complexity index is 354. The van der Waals surface area contributed by atoms with Gasteiger partial charge in [-0.15, -0.1) is 0 Å². The van der Waals surface area contributed by atoms with Gasteiger partial charge in [-0.25, -0.2) is 0 Å². The fraction of sp³-hybridized carbons (Fsp3) is 0.600. The van der Waals surface area contributed by atoms with E-state index in [9.17, 15) is 4.79 Å². The van der Waals surface area contributed by atoms with Gasteiger partial charge in [-0.05, 0) is 19.4 Å². The third-order valence-electron chi connectivity index (χ3n) is 2.77. The van der Waals surface area contributed by atoms with Crippen LogP contribution in [0.25, 0.3) is 0 Å². The Labute approximate surface area is 89.1 Å². The Balaban J connectivity index is 2.06. The number of nitrogens with one attached hydrogen (secondary N) is 1. The smallest absolute Gasteiger partial charge is 0.243 e. The summed E-state index contributed by atoms with van der Waals surface area (Å²) in [7, 11) is 3.63. The summed E-state index contributed by atoms with van der Waals surface area (Å²) in [5.41, 5.74) is 0.844. The number of aryl methyl sites for hydroxylation is 1. The van der Waals surface area contributed by atoms with Crippen molar-refractivity contribution in [3.05, 3.63) is 12.4 Å². The van der Waals surface area contributed by atoms with E-state index in [-0.39, 0.29) is 11.9 Å². The minimum absolute atomic E-state index is 0.0183. The first-order chi connectivity index (χ1) is 7.18. The van der Waals surface area contributed by atoms with Crippen LogP contribution in [0, 0.1) is 0 Å². The highest BCUT2D eigenvalue weighted by atomic mass is 16.2. The van der Waals surface area contributed by atoms with E-state index in [1.165, 1.54) is 0 Å². The van der Waals surface area contributed by atoms with Crippen LogP contribution in [0.4, 0.5) is 5.69 Å². The minimum atomic E-state index is -0.0183. The maximum Gasteiger partial charge on any atom is 0.243 e. The molecule has 15 heavy (non-hydrogen) atoms. The van der Waals surface area contributed by atoms with Crippen molar-refractivity contribution in [1.29, 1.82) is 0 Å². The molecule has 0 spiro atoms. The monoisotopic (exact) mass is 208 g/mol. The molecule has 1 aromatic heterocycles. The first-order valence-corrected chi connectivity index (χ1v) is 5.18. The SMILES string of the molecule is CN(C(=O)C1CCCN1)c1cnn(C)c1. The van der Waals surface area contributed by atoms with Crippen LogP contribution < -0.4 is 10.2 Å². The number of rotatable bonds is 2. The van der Waals surface area contributed by atoms with Crippen LogP contribution in [0.3, 0.4) is 0 Å². The molecule has 1 saturated heterocycles. The highest BCUT2D eigenvalue weighted by Gasteiger charge is 2.25. The van der Waals surface area contributed by atoms with Crippen LogP contribution in [-0.4, -0.2) is 35.3 Å². The van der Waals surface area contributed by atoms with Crippen molar-refractivity contribution in [2.75, 3.05) is 18.5 Å². The zero-order valence-electron chi connectivity index (χ0n) is 9.10. The Morgan fingerprint density at radius 2 is 2.53 bits per heavy atom. The lowest BCUT2D eigenvalue weighted by Gasteiger charge is -2.19. The molecule has 0 aliphatic carbocycles. The first kappa shape index (κ1) is 10.2. The molecule has 5 nitrogen and oxygen atoms in total. The van der Waals surface area contributed by atoms with E-state index in [1.807, 2.05) is 13.2 Å². The Hall–Kier alpha value is -1.36. The summed E-state index contributed by atoms with van der Waals surface area (Å²) in [6.07, 6.45) is 5.56. The van der Waals surface area contributed by atoms with Gasteiger partial charge >= 0.3 is 0 Å². The van der Waals surface area contributed by atoms with Crippen molar-refractivity contribution in [2.45, 2.75) is 18.9 Å². The van der Waals surface area contributed by atoms with Crippen LogP contribution in [0.1, 0.15) is 12.8 Å². The molecule has 82 valence electrons. The lowest BCUT2D eigenvalue weighted by Crippen LogP contribution is -2.41. The number of hydrogen-bond donors (Lipinski definition) is 1. The van der Waals surface area contributed by atoms with Crippen LogP contribution in [0.2, 0.25) is 0 Å². The lowest BCUT2D eigenvalue weighted by molar-refractivity contribution is -0.119. The van der Waals surface area contributed by atoms with E-state index in [1.54, 1.807) is 22.8 Å². The molecule has 1 atom stereocenters. The molecule has 1 aliphatic rings. The Morgan fingerprint density at radius 3 is 3.07 bits per heavy atom. The quantitative estimate of drug-likeness (QED) is 0.752. The van der Waals surface area contributed by atoms with Crippen molar-refractivity contribution in [2.24, 2.45) is 7.05 Å². The van der Waals surface area contributed by atoms with Gasteiger partial charge in [-0.3, -0.25) is 9.48 Å². The average Bonchev–Trinajstić information content (AvgIpc) is 2.85. The summed E-state index contributed by atoms with van der Waals surface area (Å²) in [5, 5.41) is 7.24. The zero-order chi connectivity index (χ0) is 10.8. The third-order valence-corrected chi connectivity index (χ3v) is 2.77. The number of amides is 1. The summed E-state index contributed by atoms with van der Waals surface area (Å²) in [4.78, 5) is 13.6. The van der Waals surface area contributed by atoms with Gasteiger partial charge in [0.1, 0.15) is 0 Å². The fourth-order valence-corrected chi connectivity index (χ4v) is 1.84. The lowest BCUT2D eigenvalue weighted by atomic mass is 10.2. The molecule has 1 amide bonds. The van der Waals surface area contributed by atoms with E-state index >= 15 is 0 Å². The number of likely N-dealkylation sites (N-methyl/N-ethyl adjacent to an activating group) is 1. The molecule has 1 N–H and O–H groups in total. The van der Waals surface area contributed by atoms with Gasteiger partial charge in [0.2, 0.25) is 5.91 Å². The predicted molar refractivity (Wildman–Crippen MR) is 57.6 cm³/mol. The van der Waals surface area contributed by atoms with E-state index in [0.29, 0.717) is 0 Å². The zero-order valence-corrected chi connectivity index (χ0v) is 9.10. The van der Waals surface area contributed by atoms with Crippen molar-refractivity contribution in [1.82, 2.24) is 15.1 Å². The van der Waals surface area contributed by atoms with Crippen molar-refractivity contribution in [3.63, 3.8) is 0 Å². The first-order valence-electron chi connectivity index (χ1n) is 5.18. The maximum atomic E-state index is 12.0. The predicted octanol–water partition coefficient (Wildman–Crippen LogP) is 0.135. The van der Waals surface area contributed by atoms with Crippen LogP contribution >= 0.6 is 0 Å². The van der Waals surface area contributed by atoms with Crippen LogP contribution in [0.5, 0.6) is 0 Å². The second-order valence-corrected chi connectivity index (χ2v) is 3.92. The second-order valence-electron chi connectivity index (χ2n) is 3.92. The van der Waals surface area contributed by atoms with Gasteiger partial charge in [0.05, 0.1) is 17.9 Å². The number of carbonyl (C=O) groups excluding carboxylic acids is 1. The second kappa shape index (κ2) is 4.02. The van der Waals surface area contributed by atoms with Gasteiger partial charge < -0.3 is 10.2 Å². The van der Waals surface area contributed by atoms with Gasteiger partial charge in [0.15, 0.2) is 0 Å². The summed E-state index contributed by atoms with van der Waals surface area (Å²) in [5.74, 6) is 0.125. The molecule has 1 fully saturated rings.